The largest absolute Gasteiger partial charge is 0.391 e. The highest BCUT2D eigenvalue weighted by Crippen LogP contribution is 2.34. The summed E-state index contributed by atoms with van der Waals surface area (Å²) >= 11 is 1.33. The van der Waals surface area contributed by atoms with E-state index in [1.165, 1.54) is 11.3 Å². The van der Waals surface area contributed by atoms with Crippen molar-refractivity contribution in [3.63, 3.8) is 0 Å². The fourth-order valence-electron chi connectivity index (χ4n) is 2.12. The number of rotatable bonds is 7. The van der Waals surface area contributed by atoms with Gasteiger partial charge in [-0.2, -0.15) is 0 Å². The Hall–Kier alpha value is -0.950. The van der Waals surface area contributed by atoms with Crippen molar-refractivity contribution in [3.8, 4) is 0 Å². The Balaban J connectivity index is 2.35. The van der Waals surface area contributed by atoms with Crippen molar-refractivity contribution in [1.29, 1.82) is 0 Å². The van der Waals surface area contributed by atoms with E-state index >= 15 is 0 Å². The SMILES string of the molecule is CCCCCNS(=O)(=O)c1c(CO)sc2ccccc12. The van der Waals surface area contributed by atoms with Crippen molar-refractivity contribution in [2.24, 2.45) is 0 Å². The first kappa shape index (κ1) is 15.4. The smallest absolute Gasteiger partial charge is 0.242 e. The predicted octanol–water partition coefficient (Wildman–Crippen LogP) is 2.86. The summed E-state index contributed by atoms with van der Waals surface area (Å²) in [6.07, 6.45) is 2.87. The molecule has 0 amide bonds. The highest BCUT2D eigenvalue weighted by atomic mass is 32.2. The monoisotopic (exact) mass is 313 g/mol. The number of hydrogen-bond acceptors (Lipinski definition) is 4. The maximum Gasteiger partial charge on any atom is 0.242 e. The van der Waals surface area contributed by atoms with Gasteiger partial charge in [-0.1, -0.05) is 38.0 Å². The summed E-state index contributed by atoms with van der Waals surface area (Å²) in [7, 11) is -3.57. The van der Waals surface area contributed by atoms with Gasteiger partial charge in [-0.25, -0.2) is 13.1 Å². The molecule has 4 nitrogen and oxygen atoms in total. The predicted molar refractivity (Wildman–Crippen MR) is 82.5 cm³/mol. The molecule has 1 aromatic heterocycles. The van der Waals surface area contributed by atoms with Crippen molar-refractivity contribution in [3.05, 3.63) is 29.1 Å². The highest BCUT2D eigenvalue weighted by molar-refractivity contribution is 7.90. The lowest BCUT2D eigenvalue weighted by Crippen LogP contribution is -2.25. The van der Waals surface area contributed by atoms with E-state index in [9.17, 15) is 13.5 Å². The standard InChI is InChI=1S/C14H19NO3S2/c1-2-3-6-9-15-20(17,18)14-11-7-4-5-8-12(11)19-13(14)10-16/h4-5,7-8,15-16H,2-3,6,9-10H2,1H3. The molecule has 0 radical (unpaired) electrons. The molecule has 20 heavy (non-hydrogen) atoms. The van der Waals surface area contributed by atoms with Crippen LogP contribution in [0.25, 0.3) is 10.1 Å². The molecule has 0 aliphatic rings. The average Bonchev–Trinajstić information content (AvgIpc) is 2.83. The van der Waals surface area contributed by atoms with Crippen LogP contribution < -0.4 is 4.72 Å². The molecule has 2 N–H and O–H groups in total. The van der Waals surface area contributed by atoms with Gasteiger partial charge in [0.25, 0.3) is 0 Å². The van der Waals surface area contributed by atoms with Gasteiger partial charge in [0, 0.05) is 16.6 Å². The third-order valence-electron chi connectivity index (χ3n) is 3.10. The molecule has 0 saturated carbocycles. The van der Waals surface area contributed by atoms with Gasteiger partial charge in [0.15, 0.2) is 0 Å². The topological polar surface area (TPSA) is 66.4 Å². The fraction of sp³-hybridized carbons (Fsp3) is 0.429. The summed E-state index contributed by atoms with van der Waals surface area (Å²) in [6.45, 7) is 2.25. The van der Waals surface area contributed by atoms with Crippen LogP contribution in [0.1, 0.15) is 31.1 Å². The molecule has 1 heterocycles. The van der Waals surface area contributed by atoms with Crippen molar-refractivity contribution >= 4 is 31.4 Å². The van der Waals surface area contributed by atoms with Crippen LogP contribution in [-0.4, -0.2) is 20.1 Å². The quantitative estimate of drug-likeness (QED) is 0.772. The Kier molecular flexibility index (Phi) is 5.15. The molecule has 0 spiro atoms. The first-order chi connectivity index (χ1) is 9.60. The van der Waals surface area contributed by atoms with Gasteiger partial charge in [-0.05, 0) is 12.5 Å². The third-order valence-corrected chi connectivity index (χ3v) is 5.98. The van der Waals surface area contributed by atoms with E-state index in [0.717, 1.165) is 24.0 Å². The second kappa shape index (κ2) is 6.67. The van der Waals surface area contributed by atoms with E-state index in [0.29, 0.717) is 16.8 Å². The summed E-state index contributed by atoms with van der Waals surface area (Å²) in [4.78, 5) is 0.728. The lowest BCUT2D eigenvalue weighted by Gasteiger charge is -2.07. The van der Waals surface area contributed by atoms with Gasteiger partial charge in [0.05, 0.1) is 11.5 Å². The molecular formula is C14H19NO3S2. The van der Waals surface area contributed by atoms with Crippen LogP contribution >= 0.6 is 11.3 Å². The summed E-state index contributed by atoms with van der Waals surface area (Å²) in [5, 5.41) is 10.1. The summed E-state index contributed by atoms with van der Waals surface area (Å²) in [6, 6.07) is 7.33. The minimum Gasteiger partial charge on any atom is -0.391 e. The minimum absolute atomic E-state index is 0.233. The van der Waals surface area contributed by atoms with E-state index in [-0.39, 0.29) is 11.5 Å². The molecule has 110 valence electrons. The average molecular weight is 313 g/mol. The zero-order valence-corrected chi connectivity index (χ0v) is 13.1. The van der Waals surface area contributed by atoms with Crippen LogP contribution in [0.15, 0.2) is 29.2 Å². The maximum atomic E-state index is 12.4. The Morgan fingerprint density at radius 3 is 2.70 bits per heavy atom. The second-order valence-electron chi connectivity index (χ2n) is 4.61. The van der Waals surface area contributed by atoms with Crippen molar-refractivity contribution < 1.29 is 13.5 Å². The lowest BCUT2D eigenvalue weighted by molar-refractivity contribution is 0.283. The zero-order chi connectivity index (χ0) is 14.6. The Labute approximate surface area is 123 Å². The molecule has 0 atom stereocenters. The Morgan fingerprint density at radius 2 is 2.00 bits per heavy atom. The first-order valence-electron chi connectivity index (χ1n) is 6.71. The van der Waals surface area contributed by atoms with Gasteiger partial charge < -0.3 is 5.11 Å². The number of thiophene rings is 1. The maximum absolute atomic E-state index is 12.4. The number of aliphatic hydroxyl groups excluding tert-OH is 1. The molecule has 2 rings (SSSR count). The third kappa shape index (κ3) is 3.20. The Morgan fingerprint density at radius 1 is 1.25 bits per heavy atom. The van der Waals surface area contributed by atoms with Crippen molar-refractivity contribution in [1.82, 2.24) is 4.72 Å². The summed E-state index contributed by atoms with van der Waals surface area (Å²) in [5.41, 5.74) is 0. The molecule has 0 aliphatic carbocycles. The van der Waals surface area contributed by atoms with E-state index < -0.39 is 10.0 Å². The van der Waals surface area contributed by atoms with Gasteiger partial charge in [-0.15, -0.1) is 11.3 Å². The first-order valence-corrected chi connectivity index (χ1v) is 9.01. The molecule has 1 aromatic carbocycles. The molecule has 0 aliphatic heterocycles. The lowest BCUT2D eigenvalue weighted by atomic mass is 10.2. The van der Waals surface area contributed by atoms with Crippen molar-refractivity contribution in [2.75, 3.05) is 6.54 Å². The Bertz CT molecular complexity index is 677. The van der Waals surface area contributed by atoms with Crippen LogP contribution in [-0.2, 0) is 16.6 Å². The van der Waals surface area contributed by atoms with Gasteiger partial charge in [-0.3, -0.25) is 0 Å². The van der Waals surface area contributed by atoms with Crippen LogP contribution in [0.5, 0.6) is 0 Å². The van der Waals surface area contributed by atoms with E-state index in [1.54, 1.807) is 6.07 Å². The van der Waals surface area contributed by atoms with Gasteiger partial charge in [0.1, 0.15) is 4.90 Å². The minimum atomic E-state index is -3.57. The van der Waals surface area contributed by atoms with E-state index in [1.807, 2.05) is 18.2 Å². The molecule has 0 saturated heterocycles. The molecule has 0 fully saturated rings. The molecule has 6 heteroatoms. The number of fused-ring (bicyclic) bond motifs is 1. The van der Waals surface area contributed by atoms with Gasteiger partial charge >= 0.3 is 0 Å². The number of benzene rings is 1. The summed E-state index contributed by atoms with van der Waals surface area (Å²) < 4.78 is 28.4. The van der Waals surface area contributed by atoms with Crippen LogP contribution in [0.3, 0.4) is 0 Å². The number of hydrogen-bond donors (Lipinski definition) is 2. The van der Waals surface area contributed by atoms with Gasteiger partial charge in [0.2, 0.25) is 10.0 Å². The molecular weight excluding hydrogens is 294 g/mol. The molecule has 2 aromatic rings. The number of sulfonamides is 1. The molecule has 0 bridgehead atoms. The number of unbranched alkanes of at least 4 members (excludes halogenated alkanes) is 2. The van der Waals surface area contributed by atoms with Crippen LogP contribution in [0, 0.1) is 0 Å². The summed E-state index contributed by atoms with van der Waals surface area (Å²) in [5.74, 6) is 0. The van der Waals surface area contributed by atoms with Crippen LogP contribution in [0.4, 0.5) is 0 Å². The number of aliphatic hydroxyl groups is 1. The normalized spacial score (nSPS) is 12.1. The van der Waals surface area contributed by atoms with E-state index in [4.69, 9.17) is 0 Å². The highest BCUT2D eigenvalue weighted by Gasteiger charge is 2.23. The van der Waals surface area contributed by atoms with Crippen LogP contribution in [0.2, 0.25) is 0 Å². The number of nitrogens with one attached hydrogen (secondary N) is 1. The van der Waals surface area contributed by atoms with Crippen molar-refractivity contribution in [2.45, 2.75) is 37.7 Å². The zero-order valence-electron chi connectivity index (χ0n) is 11.4. The molecule has 0 unspecified atom stereocenters. The second-order valence-corrected chi connectivity index (χ2v) is 7.45. The van der Waals surface area contributed by atoms with E-state index in [2.05, 4.69) is 11.6 Å². The fourth-order valence-corrected chi connectivity index (χ4v) is 4.99.